The van der Waals surface area contributed by atoms with Gasteiger partial charge < -0.3 is 60.3 Å². The highest BCUT2D eigenvalue weighted by molar-refractivity contribution is 5.74. The van der Waals surface area contributed by atoms with Gasteiger partial charge in [-0.25, -0.2) is 4.79 Å². The van der Waals surface area contributed by atoms with E-state index in [0.717, 1.165) is 10.7 Å². The predicted octanol–water partition coefficient (Wildman–Crippen LogP) is 0.341. The van der Waals surface area contributed by atoms with Crippen LogP contribution in [0.25, 0.3) is 0 Å². The lowest BCUT2D eigenvalue weighted by atomic mass is 9.80. The maximum Gasteiger partial charge on any atom is 0.410 e. The highest BCUT2D eigenvalue weighted by Crippen LogP contribution is 2.36. The van der Waals surface area contributed by atoms with E-state index < -0.39 is 66.4 Å². The number of rotatable bonds is 8. The van der Waals surface area contributed by atoms with Gasteiger partial charge in [0.15, 0.2) is 12.2 Å². The number of nitrogens with zero attached hydrogens (tertiary/aromatic N) is 1. The molecule has 8 N–H and O–H groups in total. The molecule has 3 aliphatic rings. The molecule has 14 heteroatoms. The minimum Gasteiger partial charge on any atom is -0.467 e. The van der Waals surface area contributed by atoms with Crippen LogP contribution in [-0.4, -0.2) is 119 Å². The van der Waals surface area contributed by atoms with Crippen LogP contribution in [0.3, 0.4) is 0 Å². The molecule has 2 aliphatic heterocycles. The van der Waals surface area contributed by atoms with Crippen molar-refractivity contribution in [1.29, 1.82) is 5.41 Å². The fourth-order valence-corrected chi connectivity index (χ4v) is 5.90. The third-order valence-electron chi connectivity index (χ3n) is 7.97. The Balaban J connectivity index is 1.80. The summed E-state index contributed by atoms with van der Waals surface area (Å²) in [7, 11) is 3.18. The van der Waals surface area contributed by atoms with Gasteiger partial charge in [0.25, 0.3) is 0 Å². The Kier molecular flexibility index (Phi) is 11.1. The molecule has 1 saturated heterocycles. The largest absolute Gasteiger partial charge is 0.467 e. The van der Waals surface area contributed by atoms with Crippen LogP contribution in [0, 0.1) is 11.3 Å². The van der Waals surface area contributed by atoms with E-state index in [9.17, 15) is 20.1 Å². The van der Waals surface area contributed by atoms with Crippen molar-refractivity contribution in [1.82, 2.24) is 15.5 Å². The lowest BCUT2D eigenvalue weighted by Crippen LogP contribution is -2.69. The molecule has 42 heavy (non-hydrogen) atoms. The van der Waals surface area contributed by atoms with Gasteiger partial charge in [-0.05, 0) is 59.6 Å². The Morgan fingerprint density at radius 1 is 1.21 bits per heavy atom. The molecule has 1 saturated carbocycles. The smallest absolute Gasteiger partial charge is 0.410 e. The number of carbonyl (C=O) groups excluding carboxylic acids is 1. The van der Waals surface area contributed by atoms with E-state index in [-0.39, 0.29) is 24.5 Å². The first-order chi connectivity index (χ1) is 19.5. The maximum atomic E-state index is 12.8. The molecule has 0 bridgehead atoms. The minimum atomic E-state index is -1.61. The van der Waals surface area contributed by atoms with E-state index in [4.69, 9.17) is 34.8 Å². The van der Waals surface area contributed by atoms with E-state index in [0.29, 0.717) is 19.3 Å². The number of aliphatic hydroxyl groups excluding tert-OH is 2. The van der Waals surface area contributed by atoms with Crippen LogP contribution in [0.5, 0.6) is 0 Å². The van der Waals surface area contributed by atoms with Gasteiger partial charge in [-0.1, -0.05) is 13.8 Å². The number of carbonyl (C=O) groups is 1. The zero-order valence-corrected chi connectivity index (χ0v) is 26.0. The first-order valence-electron chi connectivity index (χ1n) is 14.6. The van der Waals surface area contributed by atoms with Crippen LogP contribution in [0.15, 0.2) is 11.8 Å². The van der Waals surface area contributed by atoms with Gasteiger partial charge >= 0.3 is 6.09 Å². The van der Waals surface area contributed by atoms with Crippen LogP contribution in [0.4, 0.5) is 4.79 Å². The molecule has 0 aromatic carbocycles. The van der Waals surface area contributed by atoms with Crippen LogP contribution < -0.4 is 16.4 Å². The van der Waals surface area contributed by atoms with E-state index in [2.05, 4.69) is 10.6 Å². The Hall–Kier alpha value is -2.20. The maximum absolute atomic E-state index is 12.8. The molecule has 0 aromatic rings. The van der Waals surface area contributed by atoms with Crippen molar-refractivity contribution < 1.29 is 43.8 Å². The summed E-state index contributed by atoms with van der Waals surface area (Å²) in [6, 6.07) is -1.90. The molecule has 0 spiro atoms. The number of nitrogens with one attached hydrogen (secondary N) is 3. The fourth-order valence-electron chi connectivity index (χ4n) is 5.90. The summed E-state index contributed by atoms with van der Waals surface area (Å²) in [5.41, 5.74) is 3.20. The molecule has 0 aromatic heterocycles. The molecule has 242 valence electrons. The molecule has 2 heterocycles. The molecule has 1 amide bonds. The lowest BCUT2D eigenvalue weighted by Gasteiger charge is -2.50. The molecule has 11 atom stereocenters. The number of likely N-dealkylation sites (N-methyl/N-ethyl adjacent to an activating group) is 2. The van der Waals surface area contributed by atoms with E-state index >= 15 is 0 Å². The normalized spacial score (nSPS) is 39.1. The average molecular weight is 602 g/mol. The van der Waals surface area contributed by atoms with Gasteiger partial charge in [-0.3, -0.25) is 5.41 Å². The van der Waals surface area contributed by atoms with Crippen molar-refractivity contribution in [2.45, 2.75) is 127 Å². The number of ether oxygens (including phenoxy) is 5. The summed E-state index contributed by atoms with van der Waals surface area (Å²) in [6.45, 7) is 10.3. The Morgan fingerprint density at radius 2 is 1.86 bits per heavy atom. The summed E-state index contributed by atoms with van der Waals surface area (Å²) in [5.74, 6) is 0.398. The van der Waals surface area contributed by atoms with Gasteiger partial charge in [0, 0.05) is 19.5 Å². The van der Waals surface area contributed by atoms with Gasteiger partial charge in [0.1, 0.15) is 29.5 Å². The molecule has 1 aliphatic carbocycles. The molecule has 2 fully saturated rings. The second-order valence-electron chi connectivity index (χ2n) is 12.8. The van der Waals surface area contributed by atoms with Gasteiger partial charge in [0.2, 0.25) is 6.29 Å². The summed E-state index contributed by atoms with van der Waals surface area (Å²) >= 11 is 0. The number of amides is 1. The highest BCUT2D eigenvalue weighted by atomic mass is 16.7. The van der Waals surface area contributed by atoms with Crippen LogP contribution in [-0.2, 0) is 23.7 Å². The topological polar surface area (TPSA) is 201 Å². The number of hydrogen-bond donors (Lipinski definition) is 7. The lowest BCUT2D eigenvalue weighted by molar-refractivity contribution is -0.313. The zero-order valence-electron chi connectivity index (χ0n) is 26.0. The first-order valence-corrected chi connectivity index (χ1v) is 14.6. The van der Waals surface area contributed by atoms with Gasteiger partial charge in [0.05, 0.1) is 30.6 Å². The molecule has 14 nitrogen and oxygen atoms in total. The first kappa shape index (κ1) is 34.3. The van der Waals surface area contributed by atoms with Crippen LogP contribution >= 0.6 is 0 Å². The number of guanidine groups is 1. The average Bonchev–Trinajstić information content (AvgIpc) is 2.88. The summed E-state index contributed by atoms with van der Waals surface area (Å²) < 4.78 is 29.8. The molecule has 1 unspecified atom stereocenters. The quantitative estimate of drug-likeness (QED) is 0.149. The van der Waals surface area contributed by atoms with Crippen molar-refractivity contribution in [3.05, 3.63) is 11.8 Å². The molecular weight excluding hydrogens is 550 g/mol. The summed E-state index contributed by atoms with van der Waals surface area (Å²) in [4.78, 5) is 14.0. The van der Waals surface area contributed by atoms with Crippen molar-refractivity contribution in [3.8, 4) is 0 Å². The second kappa shape index (κ2) is 13.6. The predicted molar refractivity (Wildman–Crippen MR) is 153 cm³/mol. The summed E-state index contributed by atoms with van der Waals surface area (Å²) in [6.07, 6.45) is -3.44. The monoisotopic (exact) mass is 601 g/mol. The van der Waals surface area contributed by atoms with Gasteiger partial charge in [-0.2, -0.15) is 0 Å². The summed E-state index contributed by atoms with van der Waals surface area (Å²) in [5, 5.41) is 47.8. The Labute approximate surface area is 248 Å². The van der Waals surface area contributed by atoms with Crippen molar-refractivity contribution in [2.24, 2.45) is 11.7 Å². The minimum absolute atomic E-state index is 0.126. The molecule has 3 rings (SSSR count). The Morgan fingerprint density at radius 3 is 2.43 bits per heavy atom. The number of aliphatic hydroxyl groups is 3. The van der Waals surface area contributed by atoms with E-state index in [1.54, 1.807) is 27.8 Å². The Bertz CT molecular complexity index is 974. The van der Waals surface area contributed by atoms with Crippen molar-refractivity contribution in [3.63, 3.8) is 0 Å². The third kappa shape index (κ3) is 8.04. The zero-order chi connectivity index (χ0) is 31.6. The number of nitrogens with two attached hydrogens (primary N) is 1. The van der Waals surface area contributed by atoms with Crippen molar-refractivity contribution in [2.75, 3.05) is 20.7 Å². The van der Waals surface area contributed by atoms with E-state index in [1.807, 2.05) is 19.9 Å². The van der Waals surface area contributed by atoms with Crippen LogP contribution in [0.2, 0.25) is 0 Å². The molecule has 0 radical (unpaired) electrons. The van der Waals surface area contributed by atoms with Gasteiger partial charge in [-0.15, -0.1) is 0 Å². The van der Waals surface area contributed by atoms with Crippen molar-refractivity contribution >= 4 is 12.1 Å². The van der Waals surface area contributed by atoms with E-state index in [1.165, 1.54) is 14.0 Å². The fraction of sp³-hybridized carbons (Fsp3) is 0.857. The SMILES string of the molecule is CCC1=CC[C@@H](NC(=N)N)[C@@H](OC2[C@@H](C)C[C@@H](NC)[C@H](O[C@H]3OC[C@](C)(O)[C@H](N(C)C(=O)OC(C)(C)C)[C@H]3O)[C@H]2O)O1. The standard InChI is InChI=1S/C28H51N5O9/c1-9-15-10-11-16(32-25(29)30)23(39-15)40-20-14(2)12-17(31-7)21(18(20)34)41-24-19(35)22(28(6,37)13-38-24)33(8)26(36)42-27(3,4)5/h10,14,16-24,31,34-35,37H,9,11-13H2,1-8H3,(H4,29,30,32)/t14-,16+,17+,18-,19+,20?,21-,22+,23+,24+,28-/m0/s1. The highest BCUT2D eigenvalue weighted by Gasteiger charge is 2.53. The number of hydrogen-bond acceptors (Lipinski definition) is 11. The number of allylic oxidation sites excluding steroid dienone is 1. The third-order valence-corrected chi connectivity index (χ3v) is 7.97. The molecular formula is C28H51N5O9. The van der Waals surface area contributed by atoms with Crippen LogP contribution in [0.1, 0.15) is 60.8 Å². The second-order valence-corrected chi connectivity index (χ2v) is 12.8.